The quantitative estimate of drug-likeness (QED) is 0.299. The molecule has 5 nitrogen and oxygen atoms in total. The van der Waals surface area contributed by atoms with Crippen LogP contribution in [0, 0.1) is 0 Å². The number of thiophene rings is 1. The van der Waals surface area contributed by atoms with Gasteiger partial charge in [0.15, 0.2) is 0 Å². The van der Waals surface area contributed by atoms with Crippen LogP contribution in [0.15, 0.2) is 66.7 Å². The highest BCUT2D eigenvalue weighted by Gasteiger charge is 2.26. The summed E-state index contributed by atoms with van der Waals surface area (Å²) in [4.78, 5) is 28.5. The highest BCUT2D eigenvalue weighted by molar-refractivity contribution is 7.14. The lowest BCUT2D eigenvalue weighted by Gasteiger charge is -2.28. The predicted octanol–water partition coefficient (Wildman–Crippen LogP) is 3.99. The number of amides is 2. The summed E-state index contributed by atoms with van der Waals surface area (Å²) in [6, 6.07) is 21.2. The number of carbonyl (C=O) groups is 2. The number of fused-ring (bicyclic) bond motifs is 1. The molecule has 1 aromatic heterocycles. The van der Waals surface area contributed by atoms with Gasteiger partial charge in [-0.15, -0.1) is 11.3 Å². The Balaban J connectivity index is 1.64. The molecule has 0 saturated heterocycles. The van der Waals surface area contributed by atoms with Gasteiger partial charge in [0.1, 0.15) is 0 Å². The molecule has 146 valence electrons. The van der Waals surface area contributed by atoms with Crippen molar-refractivity contribution in [3.8, 4) is 0 Å². The van der Waals surface area contributed by atoms with Crippen molar-refractivity contribution < 1.29 is 14.8 Å². The lowest BCUT2D eigenvalue weighted by Crippen LogP contribution is -2.35. The maximum absolute atomic E-state index is 13.5. The number of nitrogens with zero attached hydrogens (tertiary/aromatic N) is 1. The molecule has 2 aromatic carbocycles. The Hall–Kier alpha value is -3.22. The van der Waals surface area contributed by atoms with Crippen molar-refractivity contribution >= 4 is 34.8 Å². The van der Waals surface area contributed by atoms with Gasteiger partial charge in [-0.05, 0) is 35.3 Å². The SMILES string of the molecule is O=C(NO)c1cc2c(s1)CCN(C(=O)/C(=C/c1ccccc1)c1ccccc1)C2. The molecular weight excluding hydrogens is 384 g/mol. The zero-order valence-corrected chi connectivity index (χ0v) is 16.5. The van der Waals surface area contributed by atoms with Crippen molar-refractivity contribution in [1.82, 2.24) is 10.4 Å². The van der Waals surface area contributed by atoms with Crippen LogP contribution in [0.2, 0.25) is 0 Å². The molecule has 3 aromatic rings. The molecule has 0 bridgehead atoms. The first-order valence-corrected chi connectivity index (χ1v) is 10.1. The third-order valence-electron chi connectivity index (χ3n) is 4.90. The van der Waals surface area contributed by atoms with E-state index in [0.717, 1.165) is 21.6 Å². The molecule has 1 aliphatic rings. The molecule has 0 atom stereocenters. The van der Waals surface area contributed by atoms with Crippen LogP contribution in [0.25, 0.3) is 11.6 Å². The molecule has 4 rings (SSSR count). The van der Waals surface area contributed by atoms with Gasteiger partial charge in [-0.25, -0.2) is 5.48 Å². The number of carbonyl (C=O) groups excluding carboxylic acids is 2. The van der Waals surface area contributed by atoms with Gasteiger partial charge in [0.2, 0.25) is 0 Å². The number of benzene rings is 2. The Kier molecular flexibility index (Phi) is 5.55. The van der Waals surface area contributed by atoms with Crippen LogP contribution in [0.4, 0.5) is 0 Å². The molecule has 2 heterocycles. The zero-order chi connectivity index (χ0) is 20.2. The van der Waals surface area contributed by atoms with E-state index in [1.807, 2.05) is 71.6 Å². The lowest BCUT2D eigenvalue weighted by atomic mass is 10.00. The molecule has 0 radical (unpaired) electrons. The van der Waals surface area contributed by atoms with E-state index in [-0.39, 0.29) is 5.91 Å². The van der Waals surface area contributed by atoms with Gasteiger partial charge in [0.05, 0.1) is 4.88 Å². The number of hydroxylamine groups is 1. The molecule has 1 aliphatic heterocycles. The lowest BCUT2D eigenvalue weighted by molar-refractivity contribution is -0.125. The molecule has 0 spiro atoms. The van der Waals surface area contributed by atoms with Gasteiger partial charge < -0.3 is 4.90 Å². The second-order valence-corrected chi connectivity index (χ2v) is 7.95. The van der Waals surface area contributed by atoms with Crippen molar-refractivity contribution in [3.05, 3.63) is 93.2 Å². The van der Waals surface area contributed by atoms with E-state index in [1.165, 1.54) is 11.3 Å². The van der Waals surface area contributed by atoms with Crippen molar-refractivity contribution in [2.75, 3.05) is 6.54 Å². The first kappa shape index (κ1) is 19.1. The van der Waals surface area contributed by atoms with E-state index < -0.39 is 5.91 Å². The van der Waals surface area contributed by atoms with Gasteiger partial charge in [-0.3, -0.25) is 14.8 Å². The van der Waals surface area contributed by atoms with E-state index in [0.29, 0.717) is 30.0 Å². The van der Waals surface area contributed by atoms with Crippen molar-refractivity contribution in [2.24, 2.45) is 0 Å². The van der Waals surface area contributed by atoms with Gasteiger partial charge in [-0.2, -0.15) is 0 Å². The van der Waals surface area contributed by atoms with Crippen LogP contribution in [0.3, 0.4) is 0 Å². The summed E-state index contributed by atoms with van der Waals surface area (Å²) in [5, 5.41) is 8.86. The number of hydrogen-bond acceptors (Lipinski definition) is 4. The average Bonchev–Trinajstić information content (AvgIpc) is 3.21. The van der Waals surface area contributed by atoms with Crippen LogP contribution in [-0.2, 0) is 17.8 Å². The molecule has 0 unspecified atom stereocenters. The molecule has 2 amide bonds. The van der Waals surface area contributed by atoms with Gasteiger partial charge >= 0.3 is 0 Å². The maximum Gasteiger partial charge on any atom is 0.284 e. The Morgan fingerprint density at radius 1 is 1.03 bits per heavy atom. The zero-order valence-electron chi connectivity index (χ0n) is 15.7. The first-order valence-electron chi connectivity index (χ1n) is 9.33. The fraction of sp³-hybridized carbons (Fsp3) is 0.130. The summed E-state index contributed by atoms with van der Waals surface area (Å²) in [5.41, 5.74) is 5.11. The van der Waals surface area contributed by atoms with Gasteiger partial charge in [-0.1, -0.05) is 60.7 Å². The highest BCUT2D eigenvalue weighted by Crippen LogP contribution is 2.30. The van der Waals surface area contributed by atoms with Gasteiger partial charge in [0.25, 0.3) is 11.8 Å². The van der Waals surface area contributed by atoms with E-state index in [1.54, 1.807) is 11.5 Å². The molecular formula is C23H20N2O3S. The summed E-state index contributed by atoms with van der Waals surface area (Å²) < 4.78 is 0. The summed E-state index contributed by atoms with van der Waals surface area (Å²) >= 11 is 1.36. The van der Waals surface area contributed by atoms with Crippen LogP contribution in [0.5, 0.6) is 0 Å². The molecule has 29 heavy (non-hydrogen) atoms. The summed E-state index contributed by atoms with van der Waals surface area (Å²) in [7, 11) is 0. The normalized spacial score (nSPS) is 13.7. The average molecular weight is 404 g/mol. The largest absolute Gasteiger partial charge is 0.334 e. The van der Waals surface area contributed by atoms with Crippen LogP contribution < -0.4 is 5.48 Å². The number of nitrogens with one attached hydrogen (secondary N) is 1. The second kappa shape index (κ2) is 8.43. The molecule has 2 N–H and O–H groups in total. The van der Waals surface area contributed by atoms with E-state index in [9.17, 15) is 9.59 Å². The Bertz CT molecular complexity index is 1060. The Morgan fingerprint density at radius 2 is 1.72 bits per heavy atom. The summed E-state index contributed by atoms with van der Waals surface area (Å²) in [6.07, 6.45) is 2.61. The molecule has 0 saturated carbocycles. The molecule has 6 heteroatoms. The Morgan fingerprint density at radius 3 is 2.41 bits per heavy atom. The first-order chi connectivity index (χ1) is 14.2. The molecule has 0 aliphatic carbocycles. The third-order valence-corrected chi connectivity index (χ3v) is 6.14. The fourth-order valence-electron chi connectivity index (χ4n) is 3.45. The van der Waals surface area contributed by atoms with Crippen molar-refractivity contribution in [1.29, 1.82) is 0 Å². The fourth-order valence-corrected chi connectivity index (χ4v) is 4.50. The monoisotopic (exact) mass is 404 g/mol. The highest BCUT2D eigenvalue weighted by atomic mass is 32.1. The van der Waals surface area contributed by atoms with Crippen LogP contribution in [-0.4, -0.2) is 28.5 Å². The summed E-state index contributed by atoms with van der Waals surface area (Å²) in [6.45, 7) is 1.04. The smallest absolute Gasteiger partial charge is 0.284 e. The second-order valence-electron chi connectivity index (χ2n) is 6.81. The number of hydrogen-bond donors (Lipinski definition) is 2. The summed E-state index contributed by atoms with van der Waals surface area (Å²) in [5.74, 6) is -0.554. The molecule has 0 fully saturated rings. The minimum atomic E-state index is -0.517. The van der Waals surface area contributed by atoms with Crippen LogP contribution >= 0.6 is 11.3 Å². The number of rotatable bonds is 4. The van der Waals surface area contributed by atoms with E-state index in [2.05, 4.69) is 0 Å². The van der Waals surface area contributed by atoms with Crippen molar-refractivity contribution in [2.45, 2.75) is 13.0 Å². The Labute approximate surface area is 172 Å². The predicted molar refractivity (Wildman–Crippen MR) is 113 cm³/mol. The van der Waals surface area contributed by atoms with Gasteiger partial charge in [0, 0.05) is 23.5 Å². The topological polar surface area (TPSA) is 69.6 Å². The van der Waals surface area contributed by atoms with Crippen molar-refractivity contribution in [3.63, 3.8) is 0 Å². The minimum absolute atomic E-state index is 0.0370. The van der Waals surface area contributed by atoms with E-state index in [4.69, 9.17) is 5.21 Å². The van der Waals surface area contributed by atoms with E-state index >= 15 is 0 Å². The minimum Gasteiger partial charge on any atom is -0.334 e. The van der Waals surface area contributed by atoms with Crippen LogP contribution in [0.1, 0.15) is 31.2 Å². The maximum atomic E-state index is 13.5. The third kappa shape index (κ3) is 4.13. The standard InChI is InChI=1S/C23H20N2O3S/c26-22(24-28)21-14-18-15-25(12-11-20(18)29-21)23(27)19(17-9-5-2-6-10-17)13-16-7-3-1-4-8-16/h1-10,13-14,28H,11-12,15H2,(H,24,26)/b19-13+.